The minimum atomic E-state index is -0.539. The predicted octanol–water partition coefficient (Wildman–Crippen LogP) is 0.151. The van der Waals surface area contributed by atoms with Crippen LogP contribution in [0.5, 0.6) is 0 Å². The van der Waals surface area contributed by atoms with Gasteiger partial charge in [0.25, 0.3) is 5.91 Å². The average molecular weight is 155 g/mol. The van der Waals surface area contributed by atoms with E-state index in [0.29, 0.717) is 6.54 Å². The van der Waals surface area contributed by atoms with E-state index in [1.807, 2.05) is 6.92 Å². The molecule has 1 radical (unpaired) electrons. The lowest BCUT2D eigenvalue weighted by molar-refractivity contribution is -0.120. The molecule has 3 amide bonds. The van der Waals surface area contributed by atoms with Crippen molar-refractivity contribution in [3.05, 3.63) is 6.92 Å². The van der Waals surface area contributed by atoms with Gasteiger partial charge in [-0.1, -0.05) is 6.92 Å². The molecule has 4 heteroatoms. The monoisotopic (exact) mass is 155 g/mol. The SMILES string of the molecule is [CH2]C1C(=O)NC(=O)N1CCC. The van der Waals surface area contributed by atoms with Crippen LogP contribution in [-0.4, -0.2) is 29.4 Å². The highest BCUT2D eigenvalue weighted by Gasteiger charge is 2.33. The van der Waals surface area contributed by atoms with Crippen molar-refractivity contribution in [3.63, 3.8) is 0 Å². The maximum atomic E-state index is 10.9. The third-order valence-corrected chi connectivity index (χ3v) is 1.63. The summed E-state index contributed by atoms with van der Waals surface area (Å²) in [5.74, 6) is -0.302. The van der Waals surface area contributed by atoms with Gasteiger partial charge in [0.15, 0.2) is 0 Å². The van der Waals surface area contributed by atoms with Gasteiger partial charge in [-0.25, -0.2) is 4.79 Å². The molecule has 0 aliphatic carbocycles. The second-order valence-electron chi connectivity index (χ2n) is 2.50. The zero-order valence-electron chi connectivity index (χ0n) is 6.46. The highest BCUT2D eigenvalue weighted by Crippen LogP contribution is 2.07. The number of nitrogens with zero attached hydrogens (tertiary/aromatic N) is 1. The zero-order chi connectivity index (χ0) is 8.43. The van der Waals surface area contributed by atoms with Crippen LogP contribution < -0.4 is 5.32 Å². The number of rotatable bonds is 2. The number of imide groups is 1. The Kier molecular flexibility index (Phi) is 2.12. The summed E-state index contributed by atoms with van der Waals surface area (Å²) in [6.07, 6.45) is 0.840. The number of hydrogen-bond donors (Lipinski definition) is 1. The first-order chi connectivity index (χ1) is 5.16. The van der Waals surface area contributed by atoms with Crippen LogP contribution in [-0.2, 0) is 4.79 Å². The van der Waals surface area contributed by atoms with Gasteiger partial charge in [0.1, 0.15) is 6.04 Å². The number of amides is 3. The first kappa shape index (κ1) is 8.04. The van der Waals surface area contributed by atoms with Crippen LogP contribution in [0.15, 0.2) is 0 Å². The molecule has 1 saturated heterocycles. The number of nitrogens with one attached hydrogen (secondary N) is 1. The number of carbonyl (C=O) groups excluding carboxylic acids is 2. The summed E-state index contributed by atoms with van der Waals surface area (Å²) >= 11 is 0. The van der Waals surface area contributed by atoms with Gasteiger partial charge in [0, 0.05) is 6.54 Å². The van der Waals surface area contributed by atoms with Crippen LogP contribution in [0, 0.1) is 6.92 Å². The van der Waals surface area contributed by atoms with Gasteiger partial charge in [-0.15, -0.1) is 0 Å². The van der Waals surface area contributed by atoms with Gasteiger partial charge < -0.3 is 4.90 Å². The number of hydrogen-bond acceptors (Lipinski definition) is 2. The Labute approximate surface area is 65.6 Å². The van der Waals surface area contributed by atoms with E-state index in [4.69, 9.17) is 0 Å². The van der Waals surface area contributed by atoms with E-state index in [0.717, 1.165) is 6.42 Å². The summed E-state index contributed by atoms with van der Waals surface area (Å²) in [7, 11) is 0. The van der Waals surface area contributed by atoms with E-state index in [9.17, 15) is 9.59 Å². The highest BCUT2D eigenvalue weighted by atomic mass is 16.2. The lowest BCUT2D eigenvalue weighted by atomic mass is 10.3. The van der Waals surface area contributed by atoms with Crippen LogP contribution in [0.1, 0.15) is 13.3 Å². The first-order valence-corrected chi connectivity index (χ1v) is 3.61. The molecular formula is C7H11N2O2. The van der Waals surface area contributed by atoms with Gasteiger partial charge >= 0.3 is 6.03 Å². The number of urea groups is 1. The van der Waals surface area contributed by atoms with E-state index in [1.165, 1.54) is 4.90 Å². The fourth-order valence-corrected chi connectivity index (χ4v) is 1.04. The summed E-state index contributed by atoms with van der Waals surface area (Å²) in [4.78, 5) is 23.2. The van der Waals surface area contributed by atoms with Crippen molar-refractivity contribution in [2.75, 3.05) is 6.54 Å². The maximum Gasteiger partial charge on any atom is 0.324 e. The van der Waals surface area contributed by atoms with Gasteiger partial charge in [0.2, 0.25) is 0 Å². The minimum Gasteiger partial charge on any atom is -0.312 e. The van der Waals surface area contributed by atoms with Crippen LogP contribution in [0.3, 0.4) is 0 Å². The molecule has 0 aromatic carbocycles. The van der Waals surface area contributed by atoms with Crippen molar-refractivity contribution < 1.29 is 9.59 Å². The molecule has 1 atom stereocenters. The molecule has 1 heterocycles. The van der Waals surface area contributed by atoms with Crippen molar-refractivity contribution in [3.8, 4) is 0 Å². The molecule has 1 aliphatic heterocycles. The van der Waals surface area contributed by atoms with E-state index < -0.39 is 6.04 Å². The topological polar surface area (TPSA) is 49.4 Å². The lowest BCUT2D eigenvalue weighted by Gasteiger charge is -2.16. The molecule has 1 N–H and O–H groups in total. The lowest BCUT2D eigenvalue weighted by Crippen LogP contribution is -2.33. The Morgan fingerprint density at radius 2 is 2.27 bits per heavy atom. The number of carbonyl (C=O) groups is 2. The van der Waals surface area contributed by atoms with Crippen LogP contribution in [0.2, 0.25) is 0 Å². The minimum absolute atomic E-state index is 0.302. The van der Waals surface area contributed by atoms with Crippen LogP contribution in [0.4, 0.5) is 4.79 Å². The van der Waals surface area contributed by atoms with E-state index >= 15 is 0 Å². The summed E-state index contributed by atoms with van der Waals surface area (Å²) in [5, 5.41) is 2.19. The molecule has 0 aromatic rings. The van der Waals surface area contributed by atoms with Gasteiger partial charge in [-0.3, -0.25) is 10.1 Å². The largest absolute Gasteiger partial charge is 0.324 e. The fourth-order valence-electron chi connectivity index (χ4n) is 1.04. The van der Waals surface area contributed by atoms with Crippen LogP contribution in [0.25, 0.3) is 0 Å². The summed E-state index contributed by atoms with van der Waals surface area (Å²) in [6, 6.07) is -0.862. The zero-order valence-corrected chi connectivity index (χ0v) is 6.46. The molecule has 11 heavy (non-hydrogen) atoms. The molecule has 0 spiro atoms. The molecule has 0 aromatic heterocycles. The van der Waals surface area contributed by atoms with E-state index in [2.05, 4.69) is 12.2 Å². The molecule has 1 fully saturated rings. The average Bonchev–Trinajstić information content (AvgIpc) is 2.17. The second-order valence-corrected chi connectivity index (χ2v) is 2.50. The van der Waals surface area contributed by atoms with Crippen molar-refractivity contribution in [2.24, 2.45) is 0 Å². The maximum absolute atomic E-state index is 10.9. The molecule has 61 valence electrons. The van der Waals surface area contributed by atoms with E-state index in [1.54, 1.807) is 0 Å². The normalized spacial score (nSPS) is 24.2. The van der Waals surface area contributed by atoms with Crippen molar-refractivity contribution in [2.45, 2.75) is 19.4 Å². The summed E-state index contributed by atoms with van der Waals surface area (Å²) in [6.45, 7) is 6.10. The third kappa shape index (κ3) is 1.34. The van der Waals surface area contributed by atoms with Gasteiger partial charge in [-0.2, -0.15) is 0 Å². The predicted molar refractivity (Wildman–Crippen MR) is 39.7 cm³/mol. The molecule has 0 bridgehead atoms. The summed E-state index contributed by atoms with van der Waals surface area (Å²) in [5.41, 5.74) is 0. The molecule has 0 saturated carbocycles. The van der Waals surface area contributed by atoms with Gasteiger partial charge in [0.05, 0.1) is 0 Å². The Balaban J connectivity index is 2.63. The quantitative estimate of drug-likeness (QED) is 0.577. The van der Waals surface area contributed by atoms with Crippen molar-refractivity contribution in [1.29, 1.82) is 0 Å². The van der Waals surface area contributed by atoms with E-state index in [-0.39, 0.29) is 11.9 Å². The van der Waals surface area contributed by atoms with Gasteiger partial charge in [-0.05, 0) is 13.3 Å². The molecule has 4 nitrogen and oxygen atoms in total. The molecule has 1 aliphatic rings. The molecular weight excluding hydrogens is 144 g/mol. The third-order valence-electron chi connectivity index (χ3n) is 1.63. The molecule has 1 rings (SSSR count). The van der Waals surface area contributed by atoms with Crippen LogP contribution >= 0.6 is 0 Å². The van der Waals surface area contributed by atoms with Crippen molar-refractivity contribution in [1.82, 2.24) is 10.2 Å². The smallest absolute Gasteiger partial charge is 0.312 e. The van der Waals surface area contributed by atoms with Crippen molar-refractivity contribution >= 4 is 11.9 Å². The second kappa shape index (κ2) is 2.90. The first-order valence-electron chi connectivity index (χ1n) is 3.61. The summed E-state index contributed by atoms with van der Waals surface area (Å²) < 4.78 is 0. The fraction of sp³-hybridized carbons (Fsp3) is 0.571. The highest BCUT2D eigenvalue weighted by molar-refractivity contribution is 6.04. The Morgan fingerprint density at radius 1 is 1.64 bits per heavy atom. The molecule has 1 unspecified atom stereocenters. The Morgan fingerprint density at radius 3 is 2.64 bits per heavy atom. The Bertz CT molecular complexity index is 191. The Hall–Kier alpha value is -1.06. The standard InChI is InChI=1S/C7H11N2O2/c1-3-4-9-5(2)6(10)8-7(9)11/h5H,2-4H2,1H3,(H,8,10,11).